The van der Waals surface area contributed by atoms with Gasteiger partial charge in [0.15, 0.2) is 0 Å². The predicted molar refractivity (Wildman–Crippen MR) is 99.5 cm³/mol. The Balaban J connectivity index is 2.06. The monoisotopic (exact) mass is 373 g/mol. The SMILES string of the molecule is COc1ccc(C(C[N+](=O)[O-])C(C=O)CCOCc2ccccc2)c(O)c1. The number of phenols is 1. The lowest BCUT2D eigenvalue weighted by molar-refractivity contribution is -0.484. The Labute approximate surface area is 157 Å². The molecule has 7 nitrogen and oxygen atoms in total. The molecule has 144 valence electrons. The van der Waals surface area contributed by atoms with Gasteiger partial charge in [0.2, 0.25) is 6.54 Å². The Kier molecular flexibility index (Phi) is 7.76. The molecule has 0 bridgehead atoms. The maximum absolute atomic E-state index is 11.6. The number of carbonyl (C=O) groups is 1. The molecule has 2 rings (SSSR count). The van der Waals surface area contributed by atoms with Crippen molar-refractivity contribution in [2.75, 3.05) is 20.3 Å². The van der Waals surface area contributed by atoms with E-state index in [1.165, 1.54) is 13.2 Å². The van der Waals surface area contributed by atoms with E-state index in [0.29, 0.717) is 30.6 Å². The largest absolute Gasteiger partial charge is 0.508 e. The number of hydrogen-bond acceptors (Lipinski definition) is 6. The van der Waals surface area contributed by atoms with Crippen LogP contribution in [0.2, 0.25) is 0 Å². The van der Waals surface area contributed by atoms with Gasteiger partial charge in [0.1, 0.15) is 17.8 Å². The van der Waals surface area contributed by atoms with E-state index in [-0.39, 0.29) is 12.4 Å². The van der Waals surface area contributed by atoms with Gasteiger partial charge in [-0.3, -0.25) is 10.1 Å². The number of rotatable bonds is 11. The van der Waals surface area contributed by atoms with Gasteiger partial charge in [-0.1, -0.05) is 36.4 Å². The van der Waals surface area contributed by atoms with Crippen LogP contribution in [-0.4, -0.2) is 36.6 Å². The lowest BCUT2D eigenvalue weighted by Crippen LogP contribution is -2.24. The molecule has 2 atom stereocenters. The first-order valence-electron chi connectivity index (χ1n) is 8.60. The van der Waals surface area contributed by atoms with Crippen LogP contribution in [0, 0.1) is 16.0 Å². The van der Waals surface area contributed by atoms with Gasteiger partial charge in [0.25, 0.3) is 0 Å². The average Bonchev–Trinajstić information content (AvgIpc) is 2.67. The Bertz CT molecular complexity index is 749. The zero-order chi connectivity index (χ0) is 19.6. The average molecular weight is 373 g/mol. The third kappa shape index (κ3) is 6.07. The van der Waals surface area contributed by atoms with Crippen molar-refractivity contribution in [3.8, 4) is 11.5 Å². The van der Waals surface area contributed by atoms with Crippen LogP contribution >= 0.6 is 0 Å². The lowest BCUT2D eigenvalue weighted by atomic mass is 9.84. The van der Waals surface area contributed by atoms with Crippen LogP contribution in [0.1, 0.15) is 23.5 Å². The van der Waals surface area contributed by atoms with Crippen molar-refractivity contribution in [2.45, 2.75) is 18.9 Å². The predicted octanol–water partition coefficient (Wildman–Crippen LogP) is 3.18. The topological polar surface area (TPSA) is 98.9 Å². The number of benzene rings is 2. The van der Waals surface area contributed by atoms with Gasteiger partial charge in [-0.05, 0) is 18.1 Å². The minimum Gasteiger partial charge on any atom is -0.508 e. The second-order valence-electron chi connectivity index (χ2n) is 6.17. The van der Waals surface area contributed by atoms with E-state index >= 15 is 0 Å². The van der Waals surface area contributed by atoms with E-state index < -0.39 is 23.3 Å². The van der Waals surface area contributed by atoms with Crippen molar-refractivity contribution in [3.63, 3.8) is 0 Å². The summed E-state index contributed by atoms with van der Waals surface area (Å²) in [7, 11) is 1.46. The molecule has 2 aromatic carbocycles. The molecule has 1 N–H and O–H groups in total. The highest BCUT2D eigenvalue weighted by atomic mass is 16.6. The number of nitro groups is 1. The fraction of sp³-hybridized carbons (Fsp3) is 0.350. The van der Waals surface area contributed by atoms with Crippen LogP contribution in [0.4, 0.5) is 0 Å². The molecule has 0 heterocycles. The van der Waals surface area contributed by atoms with Crippen molar-refractivity contribution in [2.24, 2.45) is 5.92 Å². The number of phenolic OH excluding ortho intramolecular Hbond substituents is 1. The third-order valence-electron chi connectivity index (χ3n) is 4.38. The Hall–Kier alpha value is -2.93. The van der Waals surface area contributed by atoms with Crippen LogP contribution in [0.3, 0.4) is 0 Å². The maximum Gasteiger partial charge on any atom is 0.211 e. The van der Waals surface area contributed by atoms with Gasteiger partial charge >= 0.3 is 0 Å². The highest BCUT2D eigenvalue weighted by Gasteiger charge is 2.30. The minimum atomic E-state index is -0.747. The molecule has 0 amide bonds. The van der Waals surface area contributed by atoms with Crippen molar-refractivity contribution >= 4 is 6.29 Å². The van der Waals surface area contributed by atoms with Gasteiger partial charge in [-0.2, -0.15) is 0 Å². The zero-order valence-corrected chi connectivity index (χ0v) is 15.1. The molecule has 0 aliphatic heterocycles. The van der Waals surface area contributed by atoms with E-state index in [9.17, 15) is 20.0 Å². The fourth-order valence-corrected chi connectivity index (χ4v) is 2.94. The number of ether oxygens (including phenoxy) is 2. The molecule has 7 heteroatoms. The van der Waals surface area contributed by atoms with Crippen LogP contribution in [-0.2, 0) is 16.1 Å². The summed E-state index contributed by atoms with van der Waals surface area (Å²) in [6.45, 7) is 0.228. The second kappa shape index (κ2) is 10.3. The van der Waals surface area contributed by atoms with Gasteiger partial charge in [-0.15, -0.1) is 0 Å². The standard InChI is InChI=1S/C20H23NO6/c1-26-17-7-8-18(20(23)11-17)19(12-21(24)25)16(13-22)9-10-27-14-15-5-3-2-4-6-15/h2-8,11,13,16,19,23H,9-10,12,14H2,1H3. The number of aromatic hydroxyl groups is 1. The minimum absolute atomic E-state index is 0.127. The summed E-state index contributed by atoms with van der Waals surface area (Å²) < 4.78 is 10.6. The van der Waals surface area contributed by atoms with Crippen LogP contribution in [0.25, 0.3) is 0 Å². The molecular formula is C20H23NO6. The molecule has 27 heavy (non-hydrogen) atoms. The van der Waals surface area contributed by atoms with E-state index in [0.717, 1.165) is 5.56 Å². The molecule has 0 saturated heterocycles. The maximum atomic E-state index is 11.6. The summed E-state index contributed by atoms with van der Waals surface area (Å²) in [6.07, 6.45) is 1.02. The Morgan fingerprint density at radius 3 is 2.56 bits per heavy atom. The molecule has 2 aromatic rings. The van der Waals surface area contributed by atoms with E-state index in [2.05, 4.69) is 0 Å². The van der Waals surface area contributed by atoms with E-state index in [1.807, 2.05) is 30.3 Å². The van der Waals surface area contributed by atoms with Gasteiger partial charge in [0, 0.05) is 29.1 Å². The number of hydrogen-bond donors (Lipinski definition) is 1. The molecule has 0 spiro atoms. The summed E-state index contributed by atoms with van der Waals surface area (Å²) in [5.41, 5.74) is 1.36. The number of aldehydes is 1. The molecule has 0 aliphatic carbocycles. The van der Waals surface area contributed by atoms with Crippen molar-refractivity contribution < 1.29 is 24.3 Å². The normalized spacial score (nSPS) is 12.9. The first-order valence-corrected chi connectivity index (χ1v) is 8.60. The molecule has 0 aliphatic rings. The Morgan fingerprint density at radius 2 is 1.96 bits per heavy atom. The summed E-state index contributed by atoms with van der Waals surface area (Å²) in [5, 5.41) is 21.3. The highest BCUT2D eigenvalue weighted by Crippen LogP contribution is 2.35. The lowest BCUT2D eigenvalue weighted by Gasteiger charge is -2.21. The van der Waals surface area contributed by atoms with Gasteiger partial charge in [-0.25, -0.2) is 0 Å². The smallest absolute Gasteiger partial charge is 0.211 e. The molecule has 2 unspecified atom stereocenters. The summed E-state index contributed by atoms with van der Waals surface area (Å²) in [6, 6.07) is 14.1. The first kappa shape index (κ1) is 20.4. The fourth-order valence-electron chi connectivity index (χ4n) is 2.94. The number of methoxy groups -OCH3 is 1. The van der Waals surface area contributed by atoms with Crippen molar-refractivity contribution in [1.29, 1.82) is 0 Å². The van der Waals surface area contributed by atoms with Crippen molar-refractivity contribution in [3.05, 3.63) is 69.8 Å². The van der Waals surface area contributed by atoms with Crippen molar-refractivity contribution in [1.82, 2.24) is 0 Å². The molecule has 0 radical (unpaired) electrons. The summed E-state index contributed by atoms with van der Waals surface area (Å²) in [4.78, 5) is 22.2. The van der Waals surface area contributed by atoms with Crippen LogP contribution in [0.5, 0.6) is 11.5 Å². The van der Waals surface area contributed by atoms with E-state index in [4.69, 9.17) is 9.47 Å². The molecular weight excluding hydrogens is 350 g/mol. The second-order valence-corrected chi connectivity index (χ2v) is 6.17. The summed E-state index contributed by atoms with van der Waals surface area (Å²) >= 11 is 0. The summed E-state index contributed by atoms with van der Waals surface area (Å²) in [5.74, 6) is -1.09. The first-order chi connectivity index (χ1) is 13.0. The molecule has 0 fully saturated rings. The van der Waals surface area contributed by atoms with Gasteiger partial charge < -0.3 is 19.4 Å². The zero-order valence-electron chi connectivity index (χ0n) is 15.1. The van der Waals surface area contributed by atoms with Crippen LogP contribution in [0.15, 0.2) is 48.5 Å². The number of carbonyl (C=O) groups excluding carboxylic acids is 1. The quantitative estimate of drug-likeness (QED) is 0.281. The van der Waals surface area contributed by atoms with Crippen LogP contribution < -0.4 is 4.74 Å². The van der Waals surface area contributed by atoms with Gasteiger partial charge in [0.05, 0.1) is 19.6 Å². The number of nitrogens with zero attached hydrogens (tertiary/aromatic N) is 1. The highest BCUT2D eigenvalue weighted by molar-refractivity contribution is 5.57. The van der Waals surface area contributed by atoms with E-state index in [1.54, 1.807) is 12.1 Å². The molecule has 0 aromatic heterocycles. The molecule has 0 saturated carbocycles. The third-order valence-corrected chi connectivity index (χ3v) is 4.38. The Morgan fingerprint density at radius 1 is 1.22 bits per heavy atom.